The Morgan fingerprint density at radius 1 is 1.33 bits per heavy atom. The second kappa shape index (κ2) is 9.97. The first-order valence-corrected chi connectivity index (χ1v) is 7.76. The van der Waals surface area contributed by atoms with E-state index in [9.17, 15) is 0 Å². The molecule has 3 N–H and O–H groups in total. The molecule has 1 aliphatic rings. The fourth-order valence-corrected chi connectivity index (χ4v) is 2.48. The van der Waals surface area contributed by atoms with E-state index < -0.39 is 0 Å². The van der Waals surface area contributed by atoms with Crippen molar-refractivity contribution in [1.82, 2.24) is 20.1 Å². The van der Waals surface area contributed by atoms with Crippen LogP contribution in [0.25, 0.3) is 0 Å². The number of nitrogens with two attached hydrogens (primary N) is 1. The van der Waals surface area contributed by atoms with E-state index in [4.69, 9.17) is 5.73 Å². The number of nitrogens with one attached hydrogen (secondary N) is 1. The van der Waals surface area contributed by atoms with E-state index in [1.165, 1.54) is 19.3 Å². The lowest BCUT2D eigenvalue weighted by molar-refractivity contribution is 0.594. The molecule has 2 heterocycles. The van der Waals surface area contributed by atoms with Gasteiger partial charge in [-0.15, -0.1) is 34.2 Å². The van der Waals surface area contributed by atoms with Gasteiger partial charge in [0, 0.05) is 32.5 Å². The molecule has 0 fully saturated rings. The Hall–Kier alpha value is -0.860. The van der Waals surface area contributed by atoms with Gasteiger partial charge >= 0.3 is 0 Å². The maximum atomic E-state index is 5.76. The third kappa shape index (κ3) is 5.80. The van der Waals surface area contributed by atoms with Gasteiger partial charge in [-0.2, -0.15) is 0 Å². The van der Waals surface area contributed by atoms with Gasteiger partial charge in [-0.25, -0.2) is 0 Å². The second-order valence-corrected chi connectivity index (χ2v) is 5.29. The molecule has 0 saturated heterocycles. The van der Waals surface area contributed by atoms with E-state index in [0.29, 0.717) is 5.96 Å². The lowest BCUT2D eigenvalue weighted by Crippen LogP contribution is -2.32. The van der Waals surface area contributed by atoms with Crippen molar-refractivity contribution in [2.45, 2.75) is 58.4 Å². The summed E-state index contributed by atoms with van der Waals surface area (Å²) in [6.07, 6.45) is 7.82. The monoisotopic (exact) mass is 406 g/mol. The SMILES string of the molecule is CCCN=C(N)NCCCc1nnc2n1CCCCC2.I. The molecule has 7 heteroatoms. The number of hydrogen-bond donors (Lipinski definition) is 2. The Kier molecular flexibility index (Phi) is 8.63. The van der Waals surface area contributed by atoms with Crippen LogP contribution in [0.15, 0.2) is 4.99 Å². The Labute approximate surface area is 144 Å². The third-order valence-electron chi connectivity index (χ3n) is 3.58. The number of guanidine groups is 1. The molecule has 6 nitrogen and oxygen atoms in total. The molecule has 1 aromatic heterocycles. The highest BCUT2D eigenvalue weighted by atomic mass is 127. The fraction of sp³-hybridized carbons (Fsp3) is 0.786. The van der Waals surface area contributed by atoms with Crippen LogP contribution in [0.1, 0.15) is 50.7 Å². The number of aliphatic imine (C=N–C) groups is 1. The number of halogens is 1. The van der Waals surface area contributed by atoms with Crippen LogP contribution in [0.4, 0.5) is 0 Å². The molecule has 2 rings (SSSR count). The smallest absolute Gasteiger partial charge is 0.188 e. The Balaban J connectivity index is 0.00000220. The summed E-state index contributed by atoms with van der Waals surface area (Å²) in [6, 6.07) is 0. The van der Waals surface area contributed by atoms with Crippen LogP contribution in [0.5, 0.6) is 0 Å². The minimum absolute atomic E-state index is 0. The van der Waals surface area contributed by atoms with Crippen LogP contribution in [-0.2, 0) is 19.4 Å². The van der Waals surface area contributed by atoms with Crippen LogP contribution in [0, 0.1) is 0 Å². The van der Waals surface area contributed by atoms with Gasteiger partial charge in [0.25, 0.3) is 0 Å². The number of fused-ring (bicyclic) bond motifs is 1. The molecule has 0 unspecified atom stereocenters. The van der Waals surface area contributed by atoms with E-state index in [1.54, 1.807) is 0 Å². The van der Waals surface area contributed by atoms with Crippen LogP contribution >= 0.6 is 24.0 Å². The molecule has 0 radical (unpaired) electrons. The quantitative estimate of drug-likeness (QED) is 0.327. The molecule has 0 spiro atoms. The van der Waals surface area contributed by atoms with Crippen molar-refractivity contribution in [3.05, 3.63) is 11.6 Å². The summed E-state index contributed by atoms with van der Waals surface area (Å²) in [4.78, 5) is 4.21. The summed E-state index contributed by atoms with van der Waals surface area (Å²) in [5, 5.41) is 11.8. The lowest BCUT2D eigenvalue weighted by Gasteiger charge is -2.08. The Morgan fingerprint density at radius 3 is 3.00 bits per heavy atom. The first-order valence-electron chi connectivity index (χ1n) is 7.76. The molecule has 0 aromatic carbocycles. The van der Waals surface area contributed by atoms with Gasteiger partial charge in [0.05, 0.1) is 0 Å². The Bertz CT molecular complexity index is 443. The van der Waals surface area contributed by atoms with Gasteiger partial charge in [-0.1, -0.05) is 13.3 Å². The van der Waals surface area contributed by atoms with E-state index in [0.717, 1.165) is 57.0 Å². The number of aromatic nitrogens is 3. The number of nitrogens with zero attached hydrogens (tertiary/aromatic N) is 4. The molecule has 120 valence electrons. The second-order valence-electron chi connectivity index (χ2n) is 5.29. The zero-order valence-electron chi connectivity index (χ0n) is 12.8. The van der Waals surface area contributed by atoms with Gasteiger partial charge < -0.3 is 15.6 Å². The molecule has 21 heavy (non-hydrogen) atoms. The summed E-state index contributed by atoms with van der Waals surface area (Å²) in [5.74, 6) is 2.83. The van der Waals surface area contributed by atoms with Gasteiger partial charge in [-0.05, 0) is 25.7 Å². The molecule has 0 bridgehead atoms. The van der Waals surface area contributed by atoms with Crippen LogP contribution < -0.4 is 11.1 Å². The summed E-state index contributed by atoms with van der Waals surface area (Å²) in [7, 11) is 0. The molecule has 0 atom stereocenters. The minimum atomic E-state index is 0. The molecule has 1 aliphatic heterocycles. The summed E-state index contributed by atoms with van der Waals surface area (Å²) < 4.78 is 2.31. The van der Waals surface area contributed by atoms with Crippen LogP contribution in [0.2, 0.25) is 0 Å². The molecular formula is C14H27IN6. The first-order chi connectivity index (χ1) is 9.81. The van der Waals surface area contributed by atoms with Gasteiger partial charge in [0.2, 0.25) is 0 Å². The zero-order valence-corrected chi connectivity index (χ0v) is 15.2. The largest absolute Gasteiger partial charge is 0.370 e. The standard InChI is InChI=1S/C14H26N6.HI/c1-2-9-16-14(15)17-10-6-8-13-19-18-12-7-4-3-5-11-20(12)13;/h2-11H2,1H3,(H3,15,16,17);1H. The number of aryl methyl sites for hydroxylation is 2. The highest BCUT2D eigenvalue weighted by Gasteiger charge is 2.13. The number of hydrogen-bond acceptors (Lipinski definition) is 3. The molecule has 1 aromatic rings. The van der Waals surface area contributed by atoms with Crippen molar-refractivity contribution in [3.8, 4) is 0 Å². The summed E-state index contributed by atoms with van der Waals surface area (Å²) >= 11 is 0. The van der Waals surface area contributed by atoms with Gasteiger partial charge in [0.1, 0.15) is 11.6 Å². The first kappa shape index (κ1) is 18.2. The van der Waals surface area contributed by atoms with Crippen molar-refractivity contribution < 1.29 is 0 Å². The van der Waals surface area contributed by atoms with Crippen LogP contribution in [0.3, 0.4) is 0 Å². The van der Waals surface area contributed by atoms with Crippen molar-refractivity contribution in [3.63, 3.8) is 0 Å². The molecule has 0 saturated carbocycles. The van der Waals surface area contributed by atoms with Crippen molar-refractivity contribution in [2.75, 3.05) is 13.1 Å². The zero-order chi connectivity index (χ0) is 14.2. The predicted molar refractivity (Wildman–Crippen MR) is 96.1 cm³/mol. The average Bonchev–Trinajstić information content (AvgIpc) is 2.69. The maximum Gasteiger partial charge on any atom is 0.188 e. The highest BCUT2D eigenvalue weighted by Crippen LogP contribution is 2.15. The van der Waals surface area contributed by atoms with E-state index in [2.05, 4.69) is 32.0 Å². The topological polar surface area (TPSA) is 81.1 Å². The van der Waals surface area contributed by atoms with E-state index >= 15 is 0 Å². The summed E-state index contributed by atoms with van der Waals surface area (Å²) in [5.41, 5.74) is 5.76. The average molecular weight is 406 g/mol. The third-order valence-corrected chi connectivity index (χ3v) is 3.58. The van der Waals surface area contributed by atoms with Crippen molar-refractivity contribution in [2.24, 2.45) is 10.7 Å². The van der Waals surface area contributed by atoms with Gasteiger partial charge in [0.15, 0.2) is 5.96 Å². The normalized spacial score (nSPS) is 15.0. The fourth-order valence-electron chi connectivity index (χ4n) is 2.48. The minimum Gasteiger partial charge on any atom is -0.370 e. The maximum absolute atomic E-state index is 5.76. The molecule has 0 amide bonds. The van der Waals surface area contributed by atoms with E-state index in [1.807, 2.05) is 0 Å². The predicted octanol–water partition coefficient (Wildman–Crippen LogP) is 1.87. The van der Waals surface area contributed by atoms with Crippen molar-refractivity contribution >= 4 is 29.9 Å². The summed E-state index contributed by atoms with van der Waals surface area (Å²) in [6.45, 7) is 4.79. The van der Waals surface area contributed by atoms with E-state index in [-0.39, 0.29) is 24.0 Å². The van der Waals surface area contributed by atoms with Gasteiger partial charge in [-0.3, -0.25) is 4.99 Å². The van der Waals surface area contributed by atoms with Crippen molar-refractivity contribution in [1.29, 1.82) is 0 Å². The molecule has 0 aliphatic carbocycles. The number of rotatable bonds is 6. The Morgan fingerprint density at radius 2 is 2.19 bits per heavy atom. The molecular weight excluding hydrogens is 379 g/mol. The lowest BCUT2D eigenvalue weighted by atomic mass is 10.2. The highest BCUT2D eigenvalue weighted by molar-refractivity contribution is 14.0. The van der Waals surface area contributed by atoms with Crippen LogP contribution in [-0.4, -0.2) is 33.8 Å².